The third-order valence-electron chi connectivity index (χ3n) is 7.36. The van der Waals surface area contributed by atoms with Crippen molar-refractivity contribution in [2.45, 2.75) is 26.9 Å². The first-order chi connectivity index (χ1) is 20.6. The van der Waals surface area contributed by atoms with Crippen molar-refractivity contribution >= 4 is 76.5 Å². The summed E-state index contributed by atoms with van der Waals surface area (Å²) in [6, 6.07) is 29.5. The van der Waals surface area contributed by atoms with Crippen molar-refractivity contribution < 1.29 is 9.59 Å². The van der Waals surface area contributed by atoms with Gasteiger partial charge >= 0.3 is 0 Å². The number of hydrogen-bond donors (Lipinski definition) is 0. The lowest BCUT2D eigenvalue weighted by molar-refractivity contribution is 0.0989. The van der Waals surface area contributed by atoms with E-state index in [1.54, 1.807) is 18.2 Å². The Morgan fingerprint density at radius 3 is 1.52 bits per heavy atom. The Balaban J connectivity index is 1.27. The molecule has 3 heterocycles. The fourth-order valence-electron chi connectivity index (χ4n) is 5.34. The third kappa shape index (κ3) is 4.38. The van der Waals surface area contributed by atoms with Crippen molar-refractivity contribution in [3.05, 3.63) is 112 Å². The topological polar surface area (TPSA) is 81.6 Å². The van der Waals surface area contributed by atoms with E-state index in [0.717, 1.165) is 42.0 Å². The van der Waals surface area contributed by atoms with Gasteiger partial charge in [-0.2, -0.15) is 9.98 Å². The summed E-state index contributed by atoms with van der Waals surface area (Å²) in [5.74, 6) is -1.00. The lowest BCUT2D eigenvalue weighted by atomic mass is 10.1. The zero-order valence-corrected chi connectivity index (χ0v) is 24.6. The van der Waals surface area contributed by atoms with Crippen LogP contribution in [0.25, 0.3) is 42.0 Å². The maximum atomic E-state index is 13.3. The Morgan fingerprint density at radius 2 is 1.07 bits per heavy atom. The Morgan fingerprint density at radius 1 is 0.619 bits per heavy atom. The second-order valence-electron chi connectivity index (χ2n) is 9.77. The molecule has 7 aromatic rings. The molecular formula is C33H25N5O2S2. The number of nitrogens with zero attached hydrogens (tertiary/aromatic N) is 5. The molecule has 0 aliphatic heterocycles. The van der Waals surface area contributed by atoms with E-state index in [9.17, 15) is 9.59 Å². The highest BCUT2D eigenvalue weighted by atomic mass is 32.1. The van der Waals surface area contributed by atoms with Crippen LogP contribution in [0.2, 0.25) is 0 Å². The molecule has 0 radical (unpaired) electrons. The molecule has 9 heteroatoms. The van der Waals surface area contributed by atoms with E-state index in [4.69, 9.17) is 0 Å². The van der Waals surface area contributed by atoms with Crippen LogP contribution in [-0.4, -0.2) is 25.9 Å². The molecule has 0 N–H and O–H groups in total. The van der Waals surface area contributed by atoms with E-state index in [-0.39, 0.29) is 11.4 Å². The van der Waals surface area contributed by atoms with Gasteiger partial charge in [0, 0.05) is 23.9 Å². The van der Waals surface area contributed by atoms with Gasteiger partial charge in [-0.05, 0) is 48.9 Å². The van der Waals surface area contributed by atoms with Gasteiger partial charge in [-0.1, -0.05) is 89.4 Å². The molecule has 7 rings (SSSR count). The SMILES string of the molecule is CCn1c(=NC(=O)c2cccc(C(=O)N=c3sc4c5ccccc5ccc4n3CC)n2)sc2c3ccccc3ccc21. The standard InChI is InChI=1S/C33H25N5O2S2/c1-3-37-26-18-16-20-10-5-7-12-22(20)28(26)41-32(37)35-30(39)24-14-9-15-25(34-24)31(40)36-33-38(4-2)27-19-17-21-11-6-8-13-23(21)29(27)42-33/h5-19H,3-4H2,1-2H3. The summed E-state index contributed by atoms with van der Waals surface area (Å²) in [5, 5.41) is 4.53. The molecule has 0 saturated carbocycles. The van der Waals surface area contributed by atoms with E-state index in [1.165, 1.54) is 22.7 Å². The first-order valence-corrected chi connectivity index (χ1v) is 15.4. The van der Waals surface area contributed by atoms with Gasteiger partial charge < -0.3 is 9.13 Å². The maximum absolute atomic E-state index is 13.3. The zero-order valence-electron chi connectivity index (χ0n) is 22.9. The van der Waals surface area contributed by atoms with Crippen LogP contribution in [0.1, 0.15) is 34.8 Å². The van der Waals surface area contributed by atoms with Crippen molar-refractivity contribution in [3.63, 3.8) is 0 Å². The Hall–Kier alpha value is -4.73. The van der Waals surface area contributed by atoms with Gasteiger partial charge in [0.1, 0.15) is 11.4 Å². The van der Waals surface area contributed by atoms with Crippen LogP contribution in [0, 0.1) is 0 Å². The fourth-order valence-corrected chi connectivity index (χ4v) is 7.80. The molecule has 0 bridgehead atoms. The Kier molecular flexibility index (Phi) is 6.60. The highest BCUT2D eigenvalue weighted by molar-refractivity contribution is 7.17. The van der Waals surface area contributed by atoms with Crippen molar-refractivity contribution in [2.75, 3.05) is 0 Å². The van der Waals surface area contributed by atoms with Gasteiger partial charge in [0.25, 0.3) is 11.8 Å². The number of pyridine rings is 1. The number of thiazole rings is 2. The number of rotatable bonds is 4. The second-order valence-corrected chi connectivity index (χ2v) is 11.7. The molecule has 0 fully saturated rings. The number of carbonyl (C=O) groups is 2. The summed E-state index contributed by atoms with van der Waals surface area (Å²) in [6.45, 7) is 5.39. The fraction of sp³-hybridized carbons (Fsp3) is 0.121. The van der Waals surface area contributed by atoms with Gasteiger partial charge in [0.2, 0.25) is 0 Å². The number of hydrogen-bond acceptors (Lipinski definition) is 5. The largest absolute Gasteiger partial charge is 0.317 e. The van der Waals surface area contributed by atoms with Crippen molar-refractivity contribution in [1.82, 2.24) is 14.1 Å². The minimum absolute atomic E-state index is 0.103. The molecule has 0 aliphatic rings. The number of aryl methyl sites for hydroxylation is 2. The molecule has 3 aromatic heterocycles. The van der Waals surface area contributed by atoms with Crippen LogP contribution in [-0.2, 0) is 13.1 Å². The summed E-state index contributed by atoms with van der Waals surface area (Å²) < 4.78 is 6.22. The summed E-state index contributed by atoms with van der Waals surface area (Å²) in [5.41, 5.74) is 2.27. The number of aromatic nitrogens is 3. The summed E-state index contributed by atoms with van der Waals surface area (Å²) in [7, 11) is 0. The zero-order chi connectivity index (χ0) is 28.8. The highest BCUT2D eigenvalue weighted by Crippen LogP contribution is 2.29. The van der Waals surface area contributed by atoms with Crippen LogP contribution >= 0.6 is 22.7 Å². The molecule has 206 valence electrons. The normalized spacial score (nSPS) is 12.7. The van der Waals surface area contributed by atoms with Crippen LogP contribution in [0.3, 0.4) is 0 Å². The molecule has 0 spiro atoms. The monoisotopic (exact) mass is 587 g/mol. The summed E-state index contributed by atoms with van der Waals surface area (Å²) in [6.07, 6.45) is 0. The lowest BCUT2D eigenvalue weighted by Crippen LogP contribution is -2.18. The highest BCUT2D eigenvalue weighted by Gasteiger charge is 2.15. The van der Waals surface area contributed by atoms with Gasteiger partial charge in [-0.25, -0.2) is 4.98 Å². The van der Waals surface area contributed by atoms with Crippen LogP contribution in [0.4, 0.5) is 0 Å². The molecular weight excluding hydrogens is 563 g/mol. The number of carbonyl (C=O) groups excluding carboxylic acids is 2. The van der Waals surface area contributed by atoms with E-state index < -0.39 is 11.8 Å². The Bertz CT molecular complexity index is 2180. The Labute approximate surface area is 248 Å². The van der Waals surface area contributed by atoms with Gasteiger partial charge in [0.05, 0.1) is 20.4 Å². The maximum Gasteiger partial charge on any atom is 0.298 e. The van der Waals surface area contributed by atoms with E-state index in [0.29, 0.717) is 22.7 Å². The van der Waals surface area contributed by atoms with Crippen molar-refractivity contribution in [3.8, 4) is 0 Å². The first-order valence-electron chi connectivity index (χ1n) is 13.7. The van der Waals surface area contributed by atoms with Crippen LogP contribution in [0.15, 0.2) is 101 Å². The van der Waals surface area contributed by atoms with Gasteiger partial charge in [0.15, 0.2) is 9.60 Å². The average molecular weight is 588 g/mol. The summed E-state index contributed by atoms with van der Waals surface area (Å²) in [4.78, 5) is 41.1. The minimum atomic E-state index is -0.500. The minimum Gasteiger partial charge on any atom is -0.317 e. The first kappa shape index (κ1) is 26.2. The van der Waals surface area contributed by atoms with Gasteiger partial charge in [-0.3, -0.25) is 9.59 Å². The number of fused-ring (bicyclic) bond motifs is 6. The number of amides is 2. The molecule has 0 aliphatic carbocycles. The van der Waals surface area contributed by atoms with Crippen LogP contribution in [0.5, 0.6) is 0 Å². The molecule has 0 atom stereocenters. The van der Waals surface area contributed by atoms with Crippen molar-refractivity contribution in [1.29, 1.82) is 0 Å². The van der Waals surface area contributed by atoms with Crippen LogP contribution < -0.4 is 9.60 Å². The predicted molar refractivity (Wildman–Crippen MR) is 170 cm³/mol. The molecule has 0 unspecified atom stereocenters. The summed E-state index contributed by atoms with van der Waals surface area (Å²) >= 11 is 2.96. The van der Waals surface area contributed by atoms with E-state index in [1.807, 2.05) is 47.2 Å². The molecule has 42 heavy (non-hydrogen) atoms. The lowest BCUT2D eigenvalue weighted by Gasteiger charge is -2.03. The smallest absolute Gasteiger partial charge is 0.298 e. The molecule has 0 saturated heterocycles. The third-order valence-corrected chi connectivity index (χ3v) is 9.62. The quantitative estimate of drug-likeness (QED) is 0.224. The number of benzene rings is 4. The predicted octanol–water partition coefficient (Wildman–Crippen LogP) is 6.94. The van der Waals surface area contributed by atoms with E-state index in [2.05, 4.69) is 63.5 Å². The molecule has 7 nitrogen and oxygen atoms in total. The molecule has 4 aromatic carbocycles. The van der Waals surface area contributed by atoms with Gasteiger partial charge in [-0.15, -0.1) is 0 Å². The van der Waals surface area contributed by atoms with Crippen molar-refractivity contribution in [2.24, 2.45) is 9.98 Å². The van der Waals surface area contributed by atoms with E-state index >= 15 is 0 Å². The molecule has 2 amide bonds. The second kappa shape index (κ2) is 10.6. The average Bonchev–Trinajstić information content (AvgIpc) is 3.58.